The molecule has 9 heteroatoms. The van der Waals surface area contributed by atoms with Gasteiger partial charge < -0.3 is 14.2 Å². The molecule has 8 nitrogen and oxygen atoms in total. The number of rotatable bonds is 8. The maximum atomic E-state index is 13.2. The molecule has 2 amide bonds. The minimum absolute atomic E-state index is 0.0201. The molecule has 0 saturated carbocycles. The lowest BCUT2D eigenvalue weighted by Gasteiger charge is -2.29. The Labute approximate surface area is 197 Å². The van der Waals surface area contributed by atoms with Crippen LogP contribution in [0.2, 0.25) is 0 Å². The number of nitrogens with one attached hydrogen (secondary N) is 1. The molecule has 1 saturated heterocycles. The van der Waals surface area contributed by atoms with Crippen molar-refractivity contribution in [3.8, 4) is 11.5 Å². The highest BCUT2D eigenvalue weighted by atomic mass is 32.1. The molecular formula is C24H24N2O6S. The van der Waals surface area contributed by atoms with Crippen LogP contribution < -0.4 is 19.7 Å². The number of hydrogen-bond donors (Lipinski definition) is 1. The van der Waals surface area contributed by atoms with Crippen LogP contribution in [0.1, 0.15) is 25.0 Å². The Morgan fingerprint density at radius 2 is 1.82 bits per heavy atom. The average molecular weight is 469 g/mol. The van der Waals surface area contributed by atoms with Crippen molar-refractivity contribution in [2.75, 3.05) is 25.2 Å². The number of esters is 1. The van der Waals surface area contributed by atoms with E-state index in [4.69, 9.17) is 26.4 Å². The molecule has 0 aliphatic carbocycles. The van der Waals surface area contributed by atoms with Crippen LogP contribution in [0.3, 0.4) is 0 Å². The summed E-state index contributed by atoms with van der Waals surface area (Å²) >= 11 is 5.24. The average Bonchev–Trinajstić information content (AvgIpc) is 2.81. The van der Waals surface area contributed by atoms with Crippen LogP contribution in [-0.4, -0.2) is 43.2 Å². The minimum Gasteiger partial charge on any atom is -0.493 e. The number of carbonyl (C=O) groups is 3. The fraction of sp³-hybridized carbons (Fsp3) is 0.250. The summed E-state index contributed by atoms with van der Waals surface area (Å²) in [4.78, 5) is 38.5. The Balaban J connectivity index is 1.87. The van der Waals surface area contributed by atoms with Gasteiger partial charge in [-0.2, -0.15) is 0 Å². The standard InChI is InChI=1S/C24H24N2O6S/c1-4-15-6-9-17(10-7-15)26-23(29)18(22(28)25-24(26)33)12-16-8-11-19(20(13-16)30-3)32-14-21(27)31-5-2/h6-13H,4-5,14H2,1-3H3,(H,25,28,33)/b18-12+. The van der Waals surface area contributed by atoms with Crippen LogP contribution in [0, 0.1) is 0 Å². The SMILES string of the molecule is CCOC(=O)COc1ccc(/C=C2\C(=O)NC(=S)N(c3ccc(CC)cc3)C2=O)cc1OC. The number of aryl methyl sites for hydroxylation is 1. The summed E-state index contributed by atoms with van der Waals surface area (Å²) in [6, 6.07) is 12.2. The number of benzene rings is 2. The third-order valence-electron chi connectivity index (χ3n) is 4.85. The molecule has 1 heterocycles. The number of ether oxygens (including phenoxy) is 3. The number of nitrogens with zero attached hydrogens (tertiary/aromatic N) is 1. The van der Waals surface area contributed by atoms with Gasteiger partial charge in [0.2, 0.25) is 0 Å². The van der Waals surface area contributed by atoms with E-state index in [2.05, 4.69) is 5.32 Å². The molecule has 2 aromatic carbocycles. The van der Waals surface area contributed by atoms with Gasteiger partial charge in [-0.25, -0.2) is 4.79 Å². The Kier molecular flexibility index (Phi) is 7.78. The van der Waals surface area contributed by atoms with Crippen LogP contribution in [-0.2, 0) is 25.5 Å². The normalized spacial score (nSPS) is 14.8. The van der Waals surface area contributed by atoms with Gasteiger partial charge >= 0.3 is 5.97 Å². The molecule has 1 aliphatic rings. The Hall–Kier alpha value is -3.72. The first-order valence-corrected chi connectivity index (χ1v) is 10.8. The van der Waals surface area contributed by atoms with Crippen LogP contribution in [0.25, 0.3) is 6.08 Å². The Bertz CT molecular complexity index is 1110. The maximum Gasteiger partial charge on any atom is 0.344 e. The lowest BCUT2D eigenvalue weighted by Crippen LogP contribution is -2.54. The van der Waals surface area contributed by atoms with E-state index in [1.54, 1.807) is 37.3 Å². The monoisotopic (exact) mass is 468 g/mol. The van der Waals surface area contributed by atoms with E-state index in [9.17, 15) is 14.4 Å². The van der Waals surface area contributed by atoms with Crippen LogP contribution >= 0.6 is 12.2 Å². The molecule has 0 radical (unpaired) electrons. The van der Waals surface area contributed by atoms with Crippen molar-refractivity contribution in [3.05, 3.63) is 59.2 Å². The predicted octanol–water partition coefficient (Wildman–Crippen LogP) is 3.03. The molecule has 3 rings (SSSR count). The fourth-order valence-corrected chi connectivity index (χ4v) is 3.45. The number of carbonyl (C=O) groups excluding carboxylic acids is 3. The fourth-order valence-electron chi connectivity index (χ4n) is 3.17. The van der Waals surface area contributed by atoms with Crippen molar-refractivity contribution < 1.29 is 28.6 Å². The van der Waals surface area contributed by atoms with Gasteiger partial charge in [-0.15, -0.1) is 0 Å². The second-order valence-corrected chi connectivity index (χ2v) is 7.37. The van der Waals surface area contributed by atoms with Crippen LogP contribution in [0.5, 0.6) is 11.5 Å². The molecular weight excluding hydrogens is 444 g/mol. The zero-order valence-corrected chi connectivity index (χ0v) is 19.4. The Morgan fingerprint density at radius 1 is 1.09 bits per heavy atom. The first-order chi connectivity index (χ1) is 15.9. The molecule has 1 N–H and O–H groups in total. The summed E-state index contributed by atoms with van der Waals surface area (Å²) in [5, 5.41) is 2.58. The van der Waals surface area contributed by atoms with Gasteiger partial charge in [-0.1, -0.05) is 25.1 Å². The van der Waals surface area contributed by atoms with E-state index in [0.29, 0.717) is 22.7 Å². The smallest absolute Gasteiger partial charge is 0.344 e. The topological polar surface area (TPSA) is 94.2 Å². The van der Waals surface area contributed by atoms with Crippen LogP contribution in [0.15, 0.2) is 48.0 Å². The highest BCUT2D eigenvalue weighted by molar-refractivity contribution is 7.80. The molecule has 0 unspecified atom stereocenters. The number of amides is 2. The molecule has 172 valence electrons. The highest BCUT2D eigenvalue weighted by Crippen LogP contribution is 2.30. The summed E-state index contributed by atoms with van der Waals surface area (Å²) < 4.78 is 15.6. The Morgan fingerprint density at radius 3 is 2.45 bits per heavy atom. The van der Waals surface area contributed by atoms with E-state index in [1.807, 2.05) is 19.1 Å². The second-order valence-electron chi connectivity index (χ2n) is 6.98. The molecule has 0 aromatic heterocycles. The van der Waals surface area contributed by atoms with Gasteiger partial charge in [-0.05, 0) is 67.0 Å². The molecule has 33 heavy (non-hydrogen) atoms. The highest BCUT2D eigenvalue weighted by Gasteiger charge is 2.34. The predicted molar refractivity (Wildman–Crippen MR) is 127 cm³/mol. The quantitative estimate of drug-likeness (QED) is 0.275. The van der Waals surface area contributed by atoms with E-state index in [1.165, 1.54) is 18.1 Å². The van der Waals surface area contributed by atoms with Gasteiger partial charge in [0.25, 0.3) is 11.8 Å². The van der Waals surface area contributed by atoms with E-state index >= 15 is 0 Å². The van der Waals surface area contributed by atoms with Gasteiger partial charge in [0.1, 0.15) is 5.57 Å². The maximum absolute atomic E-state index is 13.2. The number of methoxy groups -OCH3 is 1. The molecule has 1 fully saturated rings. The second kappa shape index (κ2) is 10.7. The summed E-state index contributed by atoms with van der Waals surface area (Å²) in [6.07, 6.45) is 2.31. The number of anilines is 1. The first kappa shape index (κ1) is 23.9. The van der Waals surface area contributed by atoms with Crippen molar-refractivity contribution in [1.29, 1.82) is 0 Å². The summed E-state index contributed by atoms with van der Waals surface area (Å²) in [5.74, 6) is -0.966. The van der Waals surface area contributed by atoms with Gasteiger partial charge in [-0.3, -0.25) is 19.8 Å². The summed E-state index contributed by atoms with van der Waals surface area (Å²) in [7, 11) is 1.45. The van der Waals surface area contributed by atoms with E-state index < -0.39 is 17.8 Å². The van der Waals surface area contributed by atoms with E-state index in [-0.39, 0.29) is 23.9 Å². The van der Waals surface area contributed by atoms with Crippen molar-refractivity contribution in [3.63, 3.8) is 0 Å². The molecule has 1 aliphatic heterocycles. The third-order valence-corrected chi connectivity index (χ3v) is 5.14. The van der Waals surface area contributed by atoms with Gasteiger partial charge in [0, 0.05) is 0 Å². The summed E-state index contributed by atoms with van der Waals surface area (Å²) in [5.41, 5.74) is 2.13. The molecule has 0 spiro atoms. The van der Waals surface area contributed by atoms with Crippen molar-refractivity contribution in [1.82, 2.24) is 5.32 Å². The number of hydrogen-bond acceptors (Lipinski definition) is 7. The minimum atomic E-state index is -0.590. The lowest BCUT2D eigenvalue weighted by atomic mass is 10.1. The zero-order valence-electron chi connectivity index (χ0n) is 18.5. The molecule has 0 bridgehead atoms. The number of thiocarbonyl (C=S) groups is 1. The largest absolute Gasteiger partial charge is 0.493 e. The molecule has 0 atom stereocenters. The van der Waals surface area contributed by atoms with Gasteiger partial charge in [0.05, 0.1) is 19.4 Å². The van der Waals surface area contributed by atoms with Crippen molar-refractivity contribution in [2.24, 2.45) is 0 Å². The van der Waals surface area contributed by atoms with Crippen LogP contribution in [0.4, 0.5) is 5.69 Å². The lowest BCUT2D eigenvalue weighted by molar-refractivity contribution is -0.145. The van der Waals surface area contributed by atoms with Crippen molar-refractivity contribution >= 4 is 46.9 Å². The van der Waals surface area contributed by atoms with Gasteiger partial charge in [0.15, 0.2) is 23.2 Å². The summed E-state index contributed by atoms with van der Waals surface area (Å²) in [6.45, 7) is 3.73. The third kappa shape index (κ3) is 5.56. The molecule has 2 aromatic rings. The van der Waals surface area contributed by atoms with Crippen molar-refractivity contribution in [2.45, 2.75) is 20.3 Å². The first-order valence-electron chi connectivity index (χ1n) is 10.3. The van der Waals surface area contributed by atoms with E-state index in [0.717, 1.165) is 12.0 Å². The zero-order chi connectivity index (χ0) is 24.0.